The van der Waals surface area contributed by atoms with E-state index in [1.165, 1.54) is 17.3 Å². The summed E-state index contributed by atoms with van der Waals surface area (Å²) in [5.41, 5.74) is 1.33. The van der Waals surface area contributed by atoms with E-state index in [9.17, 15) is 10.1 Å². The van der Waals surface area contributed by atoms with Crippen LogP contribution in [0.5, 0.6) is 0 Å². The van der Waals surface area contributed by atoms with Crippen molar-refractivity contribution in [3.63, 3.8) is 0 Å². The van der Waals surface area contributed by atoms with Gasteiger partial charge in [-0.2, -0.15) is 10.4 Å². The largest absolute Gasteiger partial charge is 0.278 e. The summed E-state index contributed by atoms with van der Waals surface area (Å²) in [4.78, 5) is 14.6. The monoisotopic (exact) mass is 329 g/mol. The highest BCUT2D eigenvalue weighted by Crippen LogP contribution is 2.22. The summed E-state index contributed by atoms with van der Waals surface area (Å²) in [6.07, 6.45) is 1.38. The van der Waals surface area contributed by atoms with E-state index in [0.29, 0.717) is 22.5 Å². The predicted octanol–water partition coefficient (Wildman–Crippen LogP) is 3.29. The highest BCUT2D eigenvalue weighted by molar-refractivity contribution is 6.30. The van der Waals surface area contributed by atoms with Crippen LogP contribution in [0.2, 0.25) is 5.15 Å². The molecule has 7 nitrogen and oxygen atoms in total. The van der Waals surface area contributed by atoms with Gasteiger partial charge in [0.25, 0.3) is 5.69 Å². The van der Waals surface area contributed by atoms with E-state index in [-0.39, 0.29) is 10.8 Å². The first kappa shape index (κ1) is 16.4. The number of nitrogens with zero attached hydrogens (tertiary/aromatic N) is 5. The van der Waals surface area contributed by atoms with Gasteiger partial charge in [-0.3, -0.25) is 15.1 Å². The molecular weight excluding hydrogens is 318 g/mol. The van der Waals surface area contributed by atoms with Crippen LogP contribution in [0.4, 0.5) is 11.5 Å². The van der Waals surface area contributed by atoms with Crippen LogP contribution in [-0.4, -0.2) is 23.2 Å². The first-order valence-electron chi connectivity index (χ1n) is 6.52. The Morgan fingerprint density at radius 2 is 2.17 bits per heavy atom. The predicted molar refractivity (Wildman–Crippen MR) is 87.8 cm³/mol. The Kier molecular flexibility index (Phi) is 4.88. The van der Waals surface area contributed by atoms with E-state index in [0.717, 1.165) is 0 Å². The third-order valence-electron chi connectivity index (χ3n) is 3.11. The third kappa shape index (κ3) is 3.62. The van der Waals surface area contributed by atoms with Crippen LogP contribution in [0, 0.1) is 28.4 Å². The number of anilines is 1. The van der Waals surface area contributed by atoms with Crippen molar-refractivity contribution in [1.82, 2.24) is 4.98 Å². The number of hydrazone groups is 1. The average molecular weight is 330 g/mol. The quantitative estimate of drug-likeness (QED) is 0.371. The first-order chi connectivity index (χ1) is 10.9. The molecular formula is C15H12ClN5O2. The molecule has 0 radical (unpaired) electrons. The molecule has 0 aliphatic rings. The maximum absolute atomic E-state index is 11.0. The summed E-state index contributed by atoms with van der Waals surface area (Å²) in [5, 5.41) is 25.6. The Balaban J connectivity index is 2.31. The van der Waals surface area contributed by atoms with Crippen molar-refractivity contribution in [1.29, 1.82) is 5.26 Å². The fourth-order valence-electron chi connectivity index (χ4n) is 1.89. The number of aryl methyl sites for hydroxylation is 1. The molecule has 1 heterocycles. The maximum Gasteiger partial charge on any atom is 0.278 e. The molecule has 0 spiro atoms. The molecule has 0 saturated carbocycles. The molecule has 2 aromatic rings. The maximum atomic E-state index is 11.0. The number of aromatic nitrogens is 1. The standard InChI is InChI=1S/C15H12ClN5O2/c1-10-7-14(19-15(16)12(10)8-17)20(2)18-9-11-5-3-4-6-13(11)21(22)23/h3-7,9H,1-2H3. The van der Waals surface area contributed by atoms with Gasteiger partial charge in [0.1, 0.15) is 11.2 Å². The van der Waals surface area contributed by atoms with Gasteiger partial charge in [-0.25, -0.2) is 4.98 Å². The number of nitriles is 1. The van der Waals surface area contributed by atoms with Crippen molar-refractivity contribution in [3.8, 4) is 6.07 Å². The molecule has 1 aromatic carbocycles. The van der Waals surface area contributed by atoms with E-state index in [1.54, 1.807) is 38.2 Å². The van der Waals surface area contributed by atoms with E-state index < -0.39 is 4.92 Å². The normalized spacial score (nSPS) is 10.5. The second kappa shape index (κ2) is 6.85. The minimum absolute atomic E-state index is 0.0355. The van der Waals surface area contributed by atoms with Gasteiger partial charge >= 0.3 is 0 Å². The number of rotatable bonds is 4. The van der Waals surface area contributed by atoms with Gasteiger partial charge in [-0.1, -0.05) is 23.7 Å². The van der Waals surface area contributed by atoms with E-state index in [1.807, 2.05) is 6.07 Å². The molecule has 0 saturated heterocycles. The summed E-state index contributed by atoms with van der Waals surface area (Å²) in [6, 6.07) is 9.93. The summed E-state index contributed by atoms with van der Waals surface area (Å²) >= 11 is 5.96. The minimum Gasteiger partial charge on any atom is -0.258 e. The van der Waals surface area contributed by atoms with Crippen LogP contribution in [0.3, 0.4) is 0 Å². The Morgan fingerprint density at radius 1 is 1.48 bits per heavy atom. The fraction of sp³-hybridized carbons (Fsp3) is 0.133. The van der Waals surface area contributed by atoms with Crippen LogP contribution in [0.25, 0.3) is 0 Å². The van der Waals surface area contributed by atoms with Crippen molar-refractivity contribution in [3.05, 3.63) is 62.3 Å². The van der Waals surface area contributed by atoms with Crippen molar-refractivity contribution in [2.45, 2.75) is 6.92 Å². The SMILES string of the molecule is Cc1cc(N(C)N=Cc2ccccc2[N+](=O)[O-])nc(Cl)c1C#N. The number of halogens is 1. The third-order valence-corrected chi connectivity index (χ3v) is 3.38. The van der Waals surface area contributed by atoms with Gasteiger partial charge in [0.15, 0.2) is 5.82 Å². The van der Waals surface area contributed by atoms with Crippen molar-refractivity contribution < 1.29 is 4.92 Å². The number of benzene rings is 1. The van der Waals surface area contributed by atoms with Crippen molar-refractivity contribution >= 4 is 29.3 Å². The Hall–Kier alpha value is -2.98. The lowest BCUT2D eigenvalue weighted by Crippen LogP contribution is -2.12. The van der Waals surface area contributed by atoms with Gasteiger partial charge < -0.3 is 0 Å². The molecule has 116 valence electrons. The van der Waals surface area contributed by atoms with Crippen LogP contribution >= 0.6 is 11.6 Å². The summed E-state index contributed by atoms with van der Waals surface area (Å²) in [5.74, 6) is 0.432. The van der Waals surface area contributed by atoms with Crippen molar-refractivity contribution in [2.24, 2.45) is 5.10 Å². The molecule has 0 amide bonds. The highest BCUT2D eigenvalue weighted by atomic mass is 35.5. The van der Waals surface area contributed by atoms with Crippen molar-refractivity contribution in [2.75, 3.05) is 12.1 Å². The zero-order valence-electron chi connectivity index (χ0n) is 12.4. The Morgan fingerprint density at radius 3 is 2.78 bits per heavy atom. The molecule has 0 atom stereocenters. The van der Waals surface area contributed by atoms with Gasteiger partial charge in [-0.05, 0) is 24.6 Å². The van der Waals surface area contributed by atoms with Gasteiger partial charge in [0, 0.05) is 13.1 Å². The molecule has 0 aliphatic heterocycles. The Bertz CT molecular complexity index is 806. The number of hydrogen-bond acceptors (Lipinski definition) is 6. The zero-order valence-corrected chi connectivity index (χ0v) is 13.2. The van der Waals surface area contributed by atoms with Gasteiger partial charge in [0.2, 0.25) is 0 Å². The van der Waals surface area contributed by atoms with Crippen LogP contribution in [-0.2, 0) is 0 Å². The number of pyridine rings is 1. The lowest BCUT2D eigenvalue weighted by atomic mass is 10.2. The van der Waals surface area contributed by atoms with Crippen LogP contribution in [0.15, 0.2) is 35.4 Å². The average Bonchev–Trinajstić information content (AvgIpc) is 2.52. The van der Waals surface area contributed by atoms with E-state index >= 15 is 0 Å². The van der Waals surface area contributed by atoms with Crippen LogP contribution in [0.1, 0.15) is 16.7 Å². The molecule has 2 rings (SSSR count). The second-order valence-corrected chi connectivity index (χ2v) is 5.02. The number of nitro groups is 1. The number of para-hydroxylation sites is 1. The van der Waals surface area contributed by atoms with E-state index in [2.05, 4.69) is 10.1 Å². The van der Waals surface area contributed by atoms with Crippen LogP contribution < -0.4 is 5.01 Å². The lowest BCUT2D eigenvalue weighted by molar-refractivity contribution is -0.385. The number of nitro benzene ring substituents is 1. The zero-order chi connectivity index (χ0) is 17.0. The molecule has 0 N–H and O–H groups in total. The summed E-state index contributed by atoms with van der Waals surface area (Å²) < 4.78 is 0. The Labute approximate surface area is 137 Å². The number of hydrogen-bond donors (Lipinski definition) is 0. The highest BCUT2D eigenvalue weighted by Gasteiger charge is 2.12. The second-order valence-electron chi connectivity index (χ2n) is 4.66. The summed E-state index contributed by atoms with van der Waals surface area (Å²) in [6.45, 7) is 1.75. The lowest BCUT2D eigenvalue weighted by Gasteiger charge is -2.13. The van der Waals surface area contributed by atoms with Gasteiger partial charge in [-0.15, -0.1) is 0 Å². The fourth-order valence-corrected chi connectivity index (χ4v) is 2.17. The minimum atomic E-state index is -0.470. The molecule has 23 heavy (non-hydrogen) atoms. The smallest absolute Gasteiger partial charge is 0.258 e. The van der Waals surface area contributed by atoms with E-state index in [4.69, 9.17) is 16.9 Å². The topological polar surface area (TPSA) is 95.4 Å². The first-order valence-corrected chi connectivity index (χ1v) is 6.90. The molecule has 8 heteroatoms. The molecule has 0 bridgehead atoms. The molecule has 1 aromatic heterocycles. The van der Waals surface area contributed by atoms with Gasteiger partial charge in [0.05, 0.1) is 22.3 Å². The molecule has 0 unspecified atom stereocenters. The summed E-state index contributed by atoms with van der Waals surface area (Å²) in [7, 11) is 1.63. The molecule has 0 fully saturated rings. The molecule has 0 aliphatic carbocycles.